The summed E-state index contributed by atoms with van der Waals surface area (Å²) >= 11 is 0. The molecule has 0 aromatic heterocycles. The first-order valence-electron chi connectivity index (χ1n) is 6.94. The number of allylic oxidation sites excluding steroid dienone is 4. The molecule has 0 aromatic rings. The van der Waals surface area contributed by atoms with Gasteiger partial charge in [-0.15, -0.1) is 12.8 Å². The van der Waals surface area contributed by atoms with Gasteiger partial charge in [0, 0.05) is 19.4 Å². The van der Waals surface area contributed by atoms with Gasteiger partial charge in [0.1, 0.15) is 12.4 Å². The molecule has 0 saturated carbocycles. The zero-order chi connectivity index (χ0) is 16.8. The van der Waals surface area contributed by atoms with Crippen LogP contribution < -0.4 is 5.73 Å². The normalized spacial score (nSPS) is 13.9. The quantitative estimate of drug-likeness (QED) is 0.625. The fourth-order valence-corrected chi connectivity index (χ4v) is 1.54. The Bertz CT molecular complexity index is 513. The number of nitrogens with two attached hydrogens (primary N) is 1. The maximum Gasteiger partial charge on any atom is 0.303 e. The zero-order valence-electron chi connectivity index (χ0n) is 13.2. The number of terminal acetylenes is 2. The van der Waals surface area contributed by atoms with Crippen LogP contribution in [0, 0.1) is 24.7 Å². The minimum Gasteiger partial charge on any atom is -0.485 e. The van der Waals surface area contributed by atoms with Gasteiger partial charge in [0.25, 0.3) is 0 Å². The monoisotopic (exact) mass is 301 g/mol. The predicted molar refractivity (Wildman–Crippen MR) is 88.4 cm³/mol. The Morgan fingerprint density at radius 2 is 2.05 bits per heavy atom. The van der Waals surface area contributed by atoms with E-state index in [4.69, 9.17) is 23.3 Å². The van der Waals surface area contributed by atoms with Crippen molar-refractivity contribution in [3.8, 4) is 24.7 Å². The molecule has 2 N–H and O–H groups in total. The molecule has 118 valence electrons. The summed E-state index contributed by atoms with van der Waals surface area (Å²) in [5, 5.41) is 0. The number of hydrogen-bond acceptors (Lipinski definition) is 4. The standard InChI is InChI=1S/C13H17NO.C5H6O2/c1-3-9-15-13-6-4-5-12(7-8-13)10-11(2)14;1-3-4-7-5(2)6/h1,4-5,7-8,11H,6,9-10,14H2,2H3;1H,4H2,2H3. The molecule has 0 spiro atoms. The lowest BCUT2D eigenvalue weighted by molar-refractivity contribution is -0.139. The van der Waals surface area contributed by atoms with E-state index in [0.717, 1.165) is 18.6 Å². The van der Waals surface area contributed by atoms with Crippen LogP contribution in [0.25, 0.3) is 0 Å². The molecule has 0 heterocycles. The SMILES string of the molecule is C#CCOC(C)=O.C#CCOC1=CC=C(CC(C)N)C=CC1. The molecule has 4 nitrogen and oxygen atoms in total. The summed E-state index contributed by atoms with van der Waals surface area (Å²) in [7, 11) is 0. The van der Waals surface area contributed by atoms with Crippen molar-refractivity contribution < 1.29 is 14.3 Å². The highest BCUT2D eigenvalue weighted by Crippen LogP contribution is 2.15. The number of rotatable bonds is 5. The molecule has 0 radical (unpaired) electrons. The third-order valence-electron chi connectivity index (χ3n) is 2.39. The lowest BCUT2D eigenvalue weighted by Crippen LogP contribution is -2.14. The molecule has 0 fully saturated rings. The van der Waals surface area contributed by atoms with E-state index in [-0.39, 0.29) is 18.6 Å². The Hall–Kier alpha value is -2.43. The van der Waals surface area contributed by atoms with Crippen molar-refractivity contribution >= 4 is 5.97 Å². The summed E-state index contributed by atoms with van der Waals surface area (Å²) in [4.78, 5) is 9.88. The predicted octanol–water partition coefficient (Wildman–Crippen LogP) is 2.33. The van der Waals surface area contributed by atoms with E-state index in [1.807, 2.05) is 19.1 Å². The first kappa shape index (κ1) is 19.6. The van der Waals surface area contributed by atoms with Crippen LogP contribution in [0.5, 0.6) is 0 Å². The summed E-state index contributed by atoms with van der Waals surface area (Å²) < 4.78 is 9.68. The van der Waals surface area contributed by atoms with Crippen LogP contribution in [-0.4, -0.2) is 25.2 Å². The van der Waals surface area contributed by atoms with Gasteiger partial charge < -0.3 is 15.2 Å². The Morgan fingerprint density at radius 1 is 1.36 bits per heavy atom. The number of esters is 1. The van der Waals surface area contributed by atoms with Gasteiger partial charge in [-0.05, 0) is 25.0 Å². The first-order valence-corrected chi connectivity index (χ1v) is 6.94. The number of carbonyl (C=O) groups is 1. The van der Waals surface area contributed by atoms with Crippen molar-refractivity contribution in [2.45, 2.75) is 32.7 Å². The average Bonchev–Trinajstić information content (AvgIpc) is 2.68. The second-order valence-electron chi connectivity index (χ2n) is 4.64. The first-order chi connectivity index (χ1) is 10.5. The van der Waals surface area contributed by atoms with Crippen LogP contribution in [0.15, 0.2) is 35.6 Å². The molecular weight excluding hydrogens is 278 g/mol. The molecule has 0 saturated heterocycles. The summed E-state index contributed by atoms with van der Waals surface area (Å²) in [6.07, 6.45) is 19.7. The summed E-state index contributed by atoms with van der Waals surface area (Å²) in [6.45, 7) is 3.72. The molecule has 1 aliphatic carbocycles. The highest BCUT2D eigenvalue weighted by molar-refractivity contribution is 5.66. The van der Waals surface area contributed by atoms with Crippen molar-refractivity contribution in [3.05, 3.63) is 35.6 Å². The van der Waals surface area contributed by atoms with Gasteiger partial charge in [0.05, 0.1) is 0 Å². The highest BCUT2D eigenvalue weighted by Gasteiger charge is 2.02. The summed E-state index contributed by atoms with van der Waals surface area (Å²) in [5.74, 6) is 5.18. The van der Waals surface area contributed by atoms with E-state index in [2.05, 4.69) is 28.7 Å². The second-order valence-corrected chi connectivity index (χ2v) is 4.64. The summed E-state index contributed by atoms with van der Waals surface area (Å²) in [5.41, 5.74) is 6.96. The lowest BCUT2D eigenvalue weighted by atomic mass is 10.1. The van der Waals surface area contributed by atoms with Gasteiger partial charge in [-0.3, -0.25) is 4.79 Å². The van der Waals surface area contributed by atoms with Gasteiger partial charge in [-0.2, -0.15) is 0 Å². The molecule has 1 rings (SSSR count). The molecule has 1 unspecified atom stereocenters. The fraction of sp³-hybridized carbons (Fsp3) is 0.389. The molecule has 22 heavy (non-hydrogen) atoms. The average molecular weight is 301 g/mol. The molecule has 0 aliphatic heterocycles. The smallest absolute Gasteiger partial charge is 0.303 e. The topological polar surface area (TPSA) is 61.5 Å². The van der Waals surface area contributed by atoms with Gasteiger partial charge >= 0.3 is 5.97 Å². The van der Waals surface area contributed by atoms with E-state index in [1.165, 1.54) is 12.5 Å². The summed E-state index contributed by atoms with van der Waals surface area (Å²) in [6, 6.07) is 0.183. The van der Waals surface area contributed by atoms with Crippen molar-refractivity contribution in [1.82, 2.24) is 0 Å². The van der Waals surface area contributed by atoms with Crippen molar-refractivity contribution in [2.75, 3.05) is 13.2 Å². The molecule has 0 aromatic carbocycles. The maximum atomic E-state index is 9.88. The van der Waals surface area contributed by atoms with E-state index in [0.29, 0.717) is 6.61 Å². The number of hydrogen-bond donors (Lipinski definition) is 1. The third-order valence-corrected chi connectivity index (χ3v) is 2.39. The van der Waals surface area contributed by atoms with E-state index in [1.54, 1.807) is 0 Å². The number of ether oxygens (including phenoxy) is 2. The molecule has 1 atom stereocenters. The van der Waals surface area contributed by atoms with Gasteiger partial charge in [-0.1, -0.05) is 30.1 Å². The Kier molecular flexibility index (Phi) is 11.0. The van der Waals surface area contributed by atoms with Gasteiger partial charge in [0.15, 0.2) is 6.61 Å². The minimum atomic E-state index is -0.335. The molecule has 0 amide bonds. The fourth-order valence-electron chi connectivity index (χ4n) is 1.54. The van der Waals surface area contributed by atoms with Crippen LogP contribution in [0.4, 0.5) is 0 Å². The van der Waals surface area contributed by atoms with Crippen LogP contribution in [0.2, 0.25) is 0 Å². The van der Waals surface area contributed by atoms with Crippen molar-refractivity contribution in [1.29, 1.82) is 0 Å². The van der Waals surface area contributed by atoms with E-state index >= 15 is 0 Å². The molecule has 4 heteroatoms. The van der Waals surface area contributed by atoms with Gasteiger partial charge in [0.2, 0.25) is 0 Å². The Labute approximate surface area is 133 Å². The van der Waals surface area contributed by atoms with Crippen LogP contribution in [0.3, 0.4) is 0 Å². The molecule has 1 aliphatic rings. The minimum absolute atomic E-state index is 0.0787. The lowest BCUT2D eigenvalue weighted by Gasteiger charge is -2.03. The van der Waals surface area contributed by atoms with Crippen molar-refractivity contribution in [3.63, 3.8) is 0 Å². The number of carbonyl (C=O) groups excluding carboxylic acids is 1. The molecule has 0 bridgehead atoms. The van der Waals surface area contributed by atoms with Crippen LogP contribution >= 0.6 is 0 Å². The third kappa shape index (κ3) is 11.4. The Balaban J connectivity index is 0.000000534. The van der Waals surface area contributed by atoms with E-state index < -0.39 is 0 Å². The largest absolute Gasteiger partial charge is 0.485 e. The van der Waals surface area contributed by atoms with Crippen LogP contribution in [-0.2, 0) is 14.3 Å². The second kappa shape index (κ2) is 12.3. The maximum absolute atomic E-state index is 9.88. The van der Waals surface area contributed by atoms with Crippen molar-refractivity contribution in [2.24, 2.45) is 5.73 Å². The zero-order valence-corrected chi connectivity index (χ0v) is 13.2. The molecular formula is C18H23NO3. The Morgan fingerprint density at radius 3 is 2.55 bits per heavy atom. The highest BCUT2D eigenvalue weighted by atomic mass is 16.5. The van der Waals surface area contributed by atoms with Crippen LogP contribution in [0.1, 0.15) is 26.7 Å². The van der Waals surface area contributed by atoms with E-state index in [9.17, 15) is 4.79 Å². The van der Waals surface area contributed by atoms with Gasteiger partial charge in [-0.25, -0.2) is 0 Å².